The molecule has 0 unspecified atom stereocenters. The molecule has 2 aromatic rings. The SMILES string of the molecule is CCN1CCN(c2cc(CNc3nccnc3OC)ccn2)CC1. The van der Waals surface area contributed by atoms with Gasteiger partial charge in [0.2, 0.25) is 0 Å². The van der Waals surface area contributed by atoms with Crippen LogP contribution in [0.5, 0.6) is 5.88 Å². The molecule has 0 aliphatic carbocycles. The Kier molecular flexibility index (Phi) is 5.43. The van der Waals surface area contributed by atoms with Crippen LogP contribution in [-0.4, -0.2) is 59.7 Å². The third kappa shape index (κ3) is 3.91. The van der Waals surface area contributed by atoms with Crippen molar-refractivity contribution >= 4 is 11.6 Å². The highest BCUT2D eigenvalue weighted by Gasteiger charge is 2.16. The highest BCUT2D eigenvalue weighted by molar-refractivity contribution is 5.47. The van der Waals surface area contributed by atoms with E-state index >= 15 is 0 Å². The fourth-order valence-electron chi connectivity index (χ4n) is 2.82. The van der Waals surface area contributed by atoms with Gasteiger partial charge in [0, 0.05) is 51.3 Å². The number of anilines is 2. The number of aromatic nitrogens is 3. The van der Waals surface area contributed by atoms with Crippen LogP contribution in [0.15, 0.2) is 30.7 Å². The maximum absolute atomic E-state index is 5.21. The van der Waals surface area contributed by atoms with E-state index in [9.17, 15) is 0 Å². The molecule has 0 saturated carbocycles. The Balaban J connectivity index is 1.63. The summed E-state index contributed by atoms with van der Waals surface area (Å²) in [6.07, 6.45) is 5.13. The molecule has 0 aromatic carbocycles. The van der Waals surface area contributed by atoms with Crippen LogP contribution in [0.25, 0.3) is 0 Å². The molecular formula is C17H24N6O. The minimum atomic E-state index is 0.502. The lowest BCUT2D eigenvalue weighted by molar-refractivity contribution is 0.270. The molecule has 3 heterocycles. The first-order valence-electron chi connectivity index (χ1n) is 8.31. The third-order valence-corrected chi connectivity index (χ3v) is 4.27. The van der Waals surface area contributed by atoms with Crippen LogP contribution in [0.3, 0.4) is 0 Å². The molecule has 1 fully saturated rings. The number of ether oxygens (including phenoxy) is 1. The second-order valence-corrected chi connectivity index (χ2v) is 5.71. The average Bonchev–Trinajstić information content (AvgIpc) is 2.67. The first-order chi connectivity index (χ1) is 11.8. The molecule has 24 heavy (non-hydrogen) atoms. The van der Waals surface area contributed by atoms with Crippen molar-refractivity contribution in [1.29, 1.82) is 0 Å². The zero-order valence-electron chi connectivity index (χ0n) is 14.3. The summed E-state index contributed by atoms with van der Waals surface area (Å²) < 4.78 is 5.21. The van der Waals surface area contributed by atoms with Gasteiger partial charge in [0.05, 0.1) is 7.11 Å². The van der Waals surface area contributed by atoms with Crippen LogP contribution in [0, 0.1) is 0 Å². The van der Waals surface area contributed by atoms with Crippen LogP contribution < -0.4 is 15.0 Å². The summed E-state index contributed by atoms with van der Waals surface area (Å²) in [6.45, 7) is 8.21. The highest BCUT2D eigenvalue weighted by Crippen LogP contribution is 2.19. The molecule has 1 aliphatic rings. The number of hydrogen-bond acceptors (Lipinski definition) is 7. The van der Waals surface area contributed by atoms with E-state index in [2.05, 4.69) is 43.1 Å². The van der Waals surface area contributed by atoms with E-state index in [4.69, 9.17) is 4.74 Å². The van der Waals surface area contributed by atoms with Gasteiger partial charge in [-0.2, -0.15) is 0 Å². The van der Waals surface area contributed by atoms with Crippen molar-refractivity contribution in [2.24, 2.45) is 0 Å². The van der Waals surface area contributed by atoms with Gasteiger partial charge < -0.3 is 19.9 Å². The molecule has 0 spiro atoms. The first kappa shape index (κ1) is 16.4. The lowest BCUT2D eigenvalue weighted by Gasteiger charge is -2.34. The largest absolute Gasteiger partial charge is 0.478 e. The van der Waals surface area contributed by atoms with Crippen molar-refractivity contribution in [3.05, 3.63) is 36.3 Å². The summed E-state index contributed by atoms with van der Waals surface area (Å²) in [5, 5.41) is 3.27. The maximum Gasteiger partial charge on any atom is 0.257 e. The summed E-state index contributed by atoms with van der Waals surface area (Å²) >= 11 is 0. The van der Waals surface area contributed by atoms with Gasteiger partial charge in [-0.1, -0.05) is 6.92 Å². The molecule has 7 nitrogen and oxygen atoms in total. The topological polar surface area (TPSA) is 66.4 Å². The standard InChI is InChI=1S/C17H24N6O/c1-3-22-8-10-23(11-9-22)15-12-14(4-5-18-15)13-21-16-17(24-2)20-7-6-19-16/h4-7,12H,3,8-11,13H2,1-2H3,(H,19,21). The van der Waals surface area contributed by atoms with E-state index in [1.165, 1.54) is 0 Å². The van der Waals surface area contributed by atoms with Crippen molar-refractivity contribution in [2.75, 3.05) is 50.1 Å². The summed E-state index contributed by atoms with van der Waals surface area (Å²) in [6, 6.07) is 4.15. The Labute approximate surface area is 142 Å². The molecule has 0 bridgehead atoms. The van der Waals surface area contributed by atoms with Gasteiger partial charge in [0.1, 0.15) is 5.82 Å². The molecule has 1 aliphatic heterocycles. The predicted molar refractivity (Wildman–Crippen MR) is 94.5 cm³/mol. The number of piperazine rings is 1. The molecule has 7 heteroatoms. The van der Waals surface area contributed by atoms with Crippen molar-refractivity contribution in [3.63, 3.8) is 0 Å². The second kappa shape index (κ2) is 7.92. The summed E-state index contributed by atoms with van der Waals surface area (Å²) in [4.78, 5) is 17.7. The molecule has 0 atom stereocenters. The van der Waals surface area contributed by atoms with E-state index < -0.39 is 0 Å². The number of pyridine rings is 1. The van der Waals surface area contributed by atoms with Crippen LogP contribution in [0.1, 0.15) is 12.5 Å². The van der Waals surface area contributed by atoms with E-state index in [1.54, 1.807) is 19.5 Å². The minimum Gasteiger partial charge on any atom is -0.478 e. The summed E-state index contributed by atoms with van der Waals surface area (Å²) in [5.74, 6) is 2.19. The normalized spacial score (nSPS) is 15.3. The molecular weight excluding hydrogens is 304 g/mol. The van der Waals surface area contributed by atoms with Gasteiger partial charge in [-0.25, -0.2) is 15.0 Å². The van der Waals surface area contributed by atoms with Gasteiger partial charge in [-0.3, -0.25) is 0 Å². The van der Waals surface area contributed by atoms with Gasteiger partial charge in [0.25, 0.3) is 5.88 Å². The molecule has 1 saturated heterocycles. The fraction of sp³-hybridized carbons (Fsp3) is 0.471. The number of nitrogens with one attached hydrogen (secondary N) is 1. The fourth-order valence-corrected chi connectivity index (χ4v) is 2.82. The molecule has 1 N–H and O–H groups in total. The van der Waals surface area contributed by atoms with E-state index in [0.29, 0.717) is 18.2 Å². The molecule has 0 amide bonds. The van der Waals surface area contributed by atoms with Crippen molar-refractivity contribution < 1.29 is 4.74 Å². The quantitative estimate of drug-likeness (QED) is 0.864. The highest BCUT2D eigenvalue weighted by atomic mass is 16.5. The van der Waals surface area contributed by atoms with Crippen LogP contribution >= 0.6 is 0 Å². The lowest BCUT2D eigenvalue weighted by atomic mass is 10.2. The van der Waals surface area contributed by atoms with Crippen molar-refractivity contribution in [1.82, 2.24) is 19.9 Å². The van der Waals surface area contributed by atoms with Crippen molar-refractivity contribution in [3.8, 4) is 5.88 Å². The Morgan fingerprint density at radius 1 is 1.08 bits per heavy atom. The van der Waals surface area contributed by atoms with Gasteiger partial charge in [0.15, 0.2) is 5.82 Å². The van der Waals surface area contributed by atoms with Crippen LogP contribution in [-0.2, 0) is 6.54 Å². The zero-order valence-corrected chi connectivity index (χ0v) is 14.3. The first-order valence-corrected chi connectivity index (χ1v) is 8.31. The Bertz CT molecular complexity index is 657. The number of likely N-dealkylation sites (N-methyl/N-ethyl adjacent to an activating group) is 1. The van der Waals surface area contributed by atoms with Crippen molar-refractivity contribution in [2.45, 2.75) is 13.5 Å². The molecule has 3 rings (SSSR count). The van der Waals surface area contributed by atoms with Gasteiger partial charge >= 0.3 is 0 Å². The van der Waals surface area contributed by atoms with Crippen LogP contribution in [0.4, 0.5) is 11.6 Å². The number of nitrogens with zero attached hydrogens (tertiary/aromatic N) is 5. The van der Waals surface area contributed by atoms with Gasteiger partial charge in [-0.05, 0) is 24.2 Å². The average molecular weight is 328 g/mol. The second-order valence-electron chi connectivity index (χ2n) is 5.71. The third-order valence-electron chi connectivity index (χ3n) is 4.27. The predicted octanol–water partition coefficient (Wildman–Crippen LogP) is 1.63. The number of rotatable bonds is 6. The monoisotopic (exact) mass is 328 g/mol. The van der Waals surface area contributed by atoms with E-state index in [0.717, 1.165) is 44.1 Å². The minimum absolute atomic E-state index is 0.502. The molecule has 2 aromatic heterocycles. The number of methoxy groups -OCH3 is 1. The lowest BCUT2D eigenvalue weighted by Crippen LogP contribution is -2.46. The summed E-state index contributed by atoms with van der Waals surface area (Å²) in [5.41, 5.74) is 1.16. The zero-order chi connectivity index (χ0) is 16.8. The Hall–Kier alpha value is -2.41. The van der Waals surface area contributed by atoms with E-state index in [1.807, 2.05) is 12.3 Å². The number of hydrogen-bond donors (Lipinski definition) is 1. The molecule has 128 valence electrons. The summed E-state index contributed by atoms with van der Waals surface area (Å²) in [7, 11) is 1.59. The van der Waals surface area contributed by atoms with E-state index in [-0.39, 0.29) is 0 Å². The Morgan fingerprint density at radius 3 is 2.62 bits per heavy atom. The van der Waals surface area contributed by atoms with Gasteiger partial charge in [-0.15, -0.1) is 0 Å². The smallest absolute Gasteiger partial charge is 0.257 e. The van der Waals surface area contributed by atoms with Crippen LogP contribution in [0.2, 0.25) is 0 Å². The molecule has 0 radical (unpaired) electrons. The maximum atomic E-state index is 5.21. The Morgan fingerprint density at radius 2 is 1.88 bits per heavy atom.